The van der Waals surface area contributed by atoms with Crippen molar-refractivity contribution >= 4 is 17.3 Å². The number of fused-ring (bicyclic) bond motifs is 1. The number of aryl methyl sites for hydroxylation is 1. The summed E-state index contributed by atoms with van der Waals surface area (Å²) in [6.07, 6.45) is 2.30. The van der Waals surface area contributed by atoms with Crippen molar-refractivity contribution in [3.05, 3.63) is 40.6 Å². The van der Waals surface area contributed by atoms with E-state index in [2.05, 4.69) is 36.0 Å². The molecule has 0 saturated carbocycles. The molecule has 0 spiro atoms. The maximum atomic E-state index is 6.00. The first-order valence-electron chi connectivity index (χ1n) is 6.05. The number of nitrogens with zero attached hydrogens (tertiary/aromatic N) is 2. The van der Waals surface area contributed by atoms with Gasteiger partial charge in [0.15, 0.2) is 0 Å². The van der Waals surface area contributed by atoms with E-state index in [0.717, 1.165) is 24.0 Å². The first-order valence-corrected chi connectivity index (χ1v) is 6.43. The molecular formula is C14H17ClN2. The van der Waals surface area contributed by atoms with E-state index in [4.69, 9.17) is 11.6 Å². The van der Waals surface area contributed by atoms with Gasteiger partial charge in [-0.1, -0.05) is 11.6 Å². The van der Waals surface area contributed by atoms with Crippen LogP contribution in [0.4, 0.5) is 5.69 Å². The van der Waals surface area contributed by atoms with Crippen molar-refractivity contribution in [3.8, 4) is 0 Å². The summed E-state index contributed by atoms with van der Waals surface area (Å²) in [5.41, 5.74) is 4.17. The van der Waals surface area contributed by atoms with Crippen LogP contribution in [0.5, 0.6) is 0 Å². The lowest BCUT2D eigenvalue weighted by Gasteiger charge is -2.22. The molecule has 1 aromatic rings. The van der Waals surface area contributed by atoms with Crippen LogP contribution in [0.15, 0.2) is 30.0 Å². The lowest BCUT2D eigenvalue weighted by atomic mass is 10.1. The van der Waals surface area contributed by atoms with Crippen LogP contribution in [0.25, 0.3) is 0 Å². The van der Waals surface area contributed by atoms with E-state index in [-0.39, 0.29) is 0 Å². The number of rotatable bonds is 1. The van der Waals surface area contributed by atoms with Crippen molar-refractivity contribution in [2.45, 2.75) is 6.92 Å². The van der Waals surface area contributed by atoms with Gasteiger partial charge in [0.05, 0.1) is 0 Å². The Morgan fingerprint density at radius 2 is 2.12 bits per heavy atom. The molecule has 1 fully saturated rings. The summed E-state index contributed by atoms with van der Waals surface area (Å²) in [5, 5.41) is 0.824. The Bertz CT molecular complexity index is 481. The van der Waals surface area contributed by atoms with Gasteiger partial charge in [-0.3, -0.25) is 0 Å². The average molecular weight is 249 g/mol. The minimum atomic E-state index is 0.718. The Morgan fingerprint density at radius 3 is 2.82 bits per heavy atom. The number of anilines is 1. The van der Waals surface area contributed by atoms with Crippen LogP contribution in [0.2, 0.25) is 5.02 Å². The molecule has 90 valence electrons. The topological polar surface area (TPSA) is 6.48 Å². The maximum absolute atomic E-state index is 6.00. The molecule has 2 heterocycles. The van der Waals surface area contributed by atoms with E-state index in [1.807, 2.05) is 12.1 Å². The zero-order valence-corrected chi connectivity index (χ0v) is 11.0. The molecule has 2 aliphatic rings. The van der Waals surface area contributed by atoms with Crippen molar-refractivity contribution < 1.29 is 0 Å². The van der Waals surface area contributed by atoms with E-state index in [0.29, 0.717) is 0 Å². The molecule has 0 bridgehead atoms. The summed E-state index contributed by atoms with van der Waals surface area (Å²) in [6, 6.07) is 6.17. The molecule has 1 unspecified atom stereocenters. The van der Waals surface area contributed by atoms with Crippen LogP contribution in [0.1, 0.15) is 5.56 Å². The summed E-state index contributed by atoms with van der Waals surface area (Å²) in [6.45, 7) is 5.50. The second kappa shape index (κ2) is 3.95. The molecule has 0 radical (unpaired) electrons. The summed E-state index contributed by atoms with van der Waals surface area (Å²) in [4.78, 5) is 4.77. The standard InChI is InChI=1S/C14H17ClN2/c1-10-5-13(15)3-4-14(10)17-8-11-6-16(2)7-12(11)9-17/h3-6,12H,7-9H2,1-2H3. The first-order chi connectivity index (χ1) is 8.13. The van der Waals surface area contributed by atoms with Gasteiger partial charge in [0.25, 0.3) is 0 Å². The molecule has 1 atom stereocenters. The minimum Gasteiger partial charge on any atom is -0.380 e. The lowest BCUT2D eigenvalue weighted by molar-refractivity contribution is 0.442. The summed E-state index contributed by atoms with van der Waals surface area (Å²) >= 11 is 6.00. The average Bonchev–Trinajstić information content (AvgIpc) is 2.74. The molecular weight excluding hydrogens is 232 g/mol. The number of hydrogen-bond acceptors (Lipinski definition) is 2. The van der Waals surface area contributed by atoms with Crippen LogP contribution >= 0.6 is 11.6 Å². The molecule has 3 rings (SSSR count). The molecule has 0 aliphatic carbocycles. The predicted octanol–water partition coefficient (Wildman–Crippen LogP) is 2.91. The monoisotopic (exact) mass is 248 g/mol. The van der Waals surface area contributed by atoms with Gasteiger partial charge in [0.1, 0.15) is 0 Å². The van der Waals surface area contributed by atoms with E-state index >= 15 is 0 Å². The second-order valence-corrected chi connectivity index (χ2v) is 5.59. The molecule has 0 N–H and O–H groups in total. The number of halogens is 1. The van der Waals surface area contributed by atoms with Crippen LogP contribution in [0, 0.1) is 12.8 Å². The summed E-state index contributed by atoms with van der Waals surface area (Å²) in [7, 11) is 2.16. The molecule has 1 aromatic carbocycles. The van der Waals surface area contributed by atoms with Crippen molar-refractivity contribution in [2.75, 3.05) is 31.6 Å². The third-order valence-corrected chi connectivity index (χ3v) is 3.97. The van der Waals surface area contributed by atoms with Crippen molar-refractivity contribution in [1.82, 2.24) is 4.90 Å². The van der Waals surface area contributed by atoms with Crippen LogP contribution < -0.4 is 4.90 Å². The van der Waals surface area contributed by atoms with Gasteiger partial charge in [0.2, 0.25) is 0 Å². The lowest BCUT2D eigenvalue weighted by Crippen LogP contribution is -2.24. The third-order valence-electron chi connectivity index (χ3n) is 3.73. The van der Waals surface area contributed by atoms with E-state index in [1.165, 1.54) is 17.8 Å². The molecule has 0 amide bonds. The van der Waals surface area contributed by atoms with Gasteiger partial charge in [-0.15, -0.1) is 0 Å². The summed E-state index contributed by atoms with van der Waals surface area (Å²) in [5.74, 6) is 0.718. The number of hydrogen-bond donors (Lipinski definition) is 0. The van der Waals surface area contributed by atoms with Gasteiger partial charge >= 0.3 is 0 Å². The largest absolute Gasteiger partial charge is 0.380 e. The summed E-state index contributed by atoms with van der Waals surface area (Å²) < 4.78 is 0. The van der Waals surface area contributed by atoms with Gasteiger partial charge in [-0.05, 0) is 36.3 Å². The van der Waals surface area contributed by atoms with Crippen LogP contribution in [0.3, 0.4) is 0 Å². The Kier molecular flexibility index (Phi) is 2.55. The van der Waals surface area contributed by atoms with E-state index in [9.17, 15) is 0 Å². The fourth-order valence-electron chi connectivity index (χ4n) is 2.96. The molecule has 2 nitrogen and oxygen atoms in total. The maximum Gasteiger partial charge on any atom is 0.0410 e. The zero-order valence-electron chi connectivity index (χ0n) is 10.3. The molecule has 2 aliphatic heterocycles. The van der Waals surface area contributed by atoms with Crippen molar-refractivity contribution in [3.63, 3.8) is 0 Å². The fourth-order valence-corrected chi connectivity index (χ4v) is 3.19. The Balaban J connectivity index is 1.86. The highest BCUT2D eigenvalue weighted by molar-refractivity contribution is 6.30. The fraction of sp³-hybridized carbons (Fsp3) is 0.429. The Hall–Kier alpha value is -1.15. The highest BCUT2D eigenvalue weighted by Gasteiger charge is 2.32. The molecule has 0 aromatic heterocycles. The SMILES string of the molecule is Cc1cc(Cl)ccc1N1CC2=CN(C)CC2C1. The van der Waals surface area contributed by atoms with Crippen LogP contribution in [-0.4, -0.2) is 31.6 Å². The Labute approximate surface area is 107 Å². The van der Waals surface area contributed by atoms with Gasteiger partial charge in [-0.2, -0.15) is 0 Å². The highest BCUT2D eigenvalue weighted by Crippen LogP contribution is 2.34. The molecule has 17 heavy (non-hydrogen) atoms. The Morgan fingerprint density at radius 1 is 1.29 bits per heavy atom. The van der Waals surface area contributed by atoms with Gasteiger partial charge in [0, 0.05) is 49.5 Å². The van der Waals surface area contributed by atoms with Crippen molar-refractivity contribution in [2.24, 2.45) is 5.92 Å². The number of benzene rings is 1. The normalized spacial score (nSPS) is 23.0. The van der Waals surface area contributed by atoms with E-state index in [1.54, 1.807) is 5.57 Å². The molecule has 1 saturated heterocycles. The highest BCUT2D eigenvalue weighted by atomic mass is 35.5. The second-order valence-electron chi connectivity index (χ2n) is 5.15. The van der Waals surface area contributed by atoms with Crippen molar-refractivity contribution in [1.29, 1.82) is 0 Å². The molecule has 3 heteroatoms. The quantitative estimate of drug-likeness (QED) is 0.754. The zero-order chi connectivity index (χ0) is 12.0. The first kappa shape index (κ1) is 11.0. The van der Waals surface area contributed by atoms with E-state index < -0.39 is 0 Å². The smallest absolute Gasteiger partial charge is 0.0410 e. The van der Waals surface area contributed by atoms with Gasteiger partial charge < -0.3 is 9.80 Å². The van der Waals surface area contributed by atoms with Crippen LogP contribution in [-0.2, 0) is 0 Å². The minimum absolute atomic E-state index is 0.718. The predicted molar refractivity (Wildman–Crippen MR) is 72.6 cm³/mol. The third kappa shape index (κ3) is 1.91. The van der Waals surface area contributed by atoms with Gasteiger partial charge in [-0.25, -0.2) is 0 Å².